The zero-order valence-corrected chi connectivity index (χ0v) is 17.6. The number of carboxylic acids is 1. The van der Waals surface area contributed by atoms with Crippen molar-refractivity contribution >= 4 is 11.9 Å². The summed E-state index contributed by atoms with van der Waals surface area (Å²) in [6.07, 6.45) is -4.34. The highest BCUT2D eigenvalue weighted by Gasteiger charge is 2.44. The molecule has 1 heterocycles. The van der Waals surface area contributed by atoms with E-state index in [2.05, 4.69) is 5.32 Å². The lowest BCUT2D eigenvalue weighted by atomic mass is 9.71. The van der Waals surface area contributed by atoms with Crippen LogP contribution in [0.15, 0.2) is 60.7 Å². The summed E-state index contributed by atoms with van der Waals surface area (Å²) in [6.45, 7) is 0.547. The van der Waals surface area contributed by atoms with Gasteiger partial charge < -0.3 is 15.3 Å². The van der Waals surface area contributed by atoms with Gasteiger partial charge >= 0.3 is 12.1 Å². The van der Waals surface area contributed by atoms with Gasteiger partial charge in [-0.1, -0.05) is 60.7 Å². The Morgan fingerprint density at radius 3 is 2.09 bits per heavy atom. The molecule has 0 aliphatic carbocycles. The first-order valence-corrected chi connectivity index (χ1v) is 10.6. The Bertz CT molecular complexity index is 896. The number of carbonyl (C=O) groups is 2. The second-order valence-electron chi connectivity index (χ2n) is 8.21. The van der Waals surface area contributed by atoms with Crippen molar-refractivity contribution in [2.24, 2.45) is 0 Å². The number of hydrogen-bond acceptors (Lipinski definition) is 3. The third-order valence-corrected chi connectivity index (χ3v) is 6.07. The summed E-state index contributed by atoms with van der Waals surface area (Å²) in [7, 11) is 0. The summed E-state index contributed by atoms with van der Waals surface area (Å²) in [5, 5.41) is 12.4. The number of halogens is 3. The van der Waals surface area contributed by atoms with Gasteiger partial charge in [-0.25, -0.2) is 4.79 Å². The number of carbonyl (C=O) groups excluding carboxylic acids is 1. The predicted octanol–water partition coefficient (Wildman–Crippen LogP) is 3.78. The topological polar surface area (TPSA) is 69.6 Å². The Balaban J connectivity index is 1.77. The fourth-order valence-corrected chi connectivity index (χ4v) is 4.19. The molecule has 2 aromatic rings. The Hall–Kier alpha value is -2.87. The average Bonchev–Trinajstić information content (AvgIpc) is 2.78. The molecule has 8 heteroatoms. The quantitative estimate of drug-likeness (QED) is 0.645. The highest BCUT2D eigenvalue weighted by atomic mass is 19.4. The number of rotatable bonds is 8. The molecule has 1 amide bonds. The number of likely N-dealkylation sites (tertiary alicyclic amines) is 1. The van der Waals surface area contributed by atoms with Crippen LogP contribution in [0, 0.1) is 0 Å². The molecule has 0 radical (unpaired) electrons. The van der Waals surface area contributed by atoms with E-state index in [4.69, 9.17) is 0 Å². The molecule has 1 saturated heterocycles. The Kier molecular flexibility index (Phi) is 7.56. The number of benzene rings is 2. The molecule has 0 spiro atoms. The minimum absolute atomic E-state index is 0.109. The van der Waals surface area contributed by atoms with Gasteiger partial charge in [-0.15, -0.1) is 0 Å². The fourth-order valence-electron chi connectivity index (χ4n) is 4.19. The first kappa shape index (κ1) is 23.8. The number of hydrogen-bond donors (Lipinski definition) is 2. The predicted molar refractivity (Wildman–Crippen MR) is 114 cm³/mol. The summed E-state index contributed by atoms with van der Waals surface area (Å²) in [5.74, 6) is -1.53. The van der Waals surface area contributed by atoms with Crippen LogP contribution in [0.4, 0.5) is 13.2 Å². The molecule has 1 aliphatic heterocycles. The third-order valence-electron chi connectivity index (χ3n) is 6.07. The van der Waals surface area contributed by atoms with Crippen molar-refractivity contribution in [3.05, 3.63) is 71.8 Å². The van der Waals surface area contributed by atoms with Gasteiger partial charge in [0.15, 0.2) is 0 Å². The molecule has 1 atom stereocenters. The molecule has 172 valence electrons. The number of amides is 1. The number of nitrogens with zero attached hydrogens (tertiary/aromatic N) is 1. The monoisotopic (exact) mass is 448 g/mol. The van der Waals surface area contributed by atoms with Gasteiger partial charge in [0.1, 0.15) is 6.04 Å². The summed E-state index contributed by atoms with van der Waals surface area (Å²) in [5.41, 5.74) is 0.549. The van der Waals surface area contributed by atoms with E-state index in [1.165, 1.54) is 0 Å². The standard InChI is InChI=1S/C24H27F3N2O3/c25-24(26,27)13-16-29-14-11-23(12-15-29,19-9-5-2-6-10-19)22(32)28-20(21(30)31)17-18-7-3-1-4-8-18/h1-10,20H,11-17H2,(H,28,32)(H,30,31)/t20-/m0/s1. The van der Waals surface area contributed by atoms with Gasteiger partial charge in [0.05, 0.1) is 11.8 Å². The van der Waals surface area contributed by atoms with Crippen LogP contribution in [0.2, 0.25) is 0 Å². The summed E-state index contributed by atoms with van der Waals surface area (Å²) in [4.78, 5) is 27.1. The van der Waals surface area contributed by atoms with E-state index in [1.807, 2.05) is 24.3 Å². The third kappa shape index (κ3) is 6.09. The lowest BCUT2D eigenvalue weighted by Gasteiger charge is -2.41. The number of piperidine rings is 1. The molecule has 3 rings (SSSR count). The van der Waals surface area contributed by atoms with Crippen LogP contribution in [0.5, 0.6) is 0 Å². The molecule has 1 aliphatic rings. The second kappa shape index (κ2) is 10.2. The van der Waals surface area contributed by atoms with Gasteiger partial charge in [-0.05, 0) is 37.1 Å². The maximum absolute atomic E-state index is 13.5. The average molecular weight is 448 g/mol. The van der Waals surface area contributed by atoms with E-state index in [0.717, 1.165) is 11.1 Å². The zero-order valence-electron chi connectivity index (χ0n) is 17.6. The van der Waals surface area contributed by atoms with Gasteiger partial charge in [0.25, 0.3) is 0 Å². The van der Waals surface area contributed by atoms with Crippen molar-refractivity contribution in [1.82, 2.24) is 10.2 Å². The van der Waals surface area contributed by atoms with Crippen LogP contribution in [-0.2, 0) is 21.4 Å². The Labute approximate surface area is 185 Å². The number of alkyl halides is 3. The first-order valence-electron chi connectivity index (χ1n) is 10.6. The molecular formula is C24H27F3N2O3. The molecule has 32 heavy (non-hydrogen) atoms. The molecule has 1 fully saturated rings. The van der Waals surface area contributed by atoms with Crippen molar-refractivity contribution in [2.45, 2.75) is 43.3 Å². The molecule has 0 unspecified atom stereocenters. The van der Waals surface area contributed by atoms with Crippen LogP contribution in [0.25, 0.3) is 0 Å². The van der Waals surface area contributed by atoms with Crippen molar-refractivity contribution in [3.8, 4) is 0 Å². The molecule has 5 nitrogen and oxygen atoms in total. The lowest BCUT2D eigenvalue weighted by Crippen LogP contribution is -2.55. The summed E-state index contributed by atoms with van der Waals surface area (Å²) < 4.78 is 37.8. The van der Waals surface area contributed by atoms with Gasteiger partial charge in [-0.3, -0.25) is 4.79 Å². The van der Waals surface area contributed by atoms with E-state index in [1.54, 1.807) is 41.3 Å². The van der Waals surface area contributed by atoms with Crippen molar-refractivity contribution in [2.75, 3.05) is 19.6 Å². The largest absolute Gasteiger partial charge is 0.480 e. The van der Waals surface area contributed by atoms with E-state index < -0.39 is 35.9 Å². The van der Waals surface area contributed by atoms with E-state index in [-0.39, 0.29) is 13.0 Å². The van der Waals surface area contributed by atoms with Crippen LogP contribution in [0.1, 0.15) is 30.4 Å². The first-order chi connectivity index (χ1) is 15.2. The molecule has 0 saturated carbocycles. The highest BCUT2D eigenvalue weighted by Crippen LogP contribution is 2.36. The molecular weight excluding hydrogens is 421 g/mol. The van der Waals surface area contributed by atoms with Crippen molar-refractivity contribution < 1.29 is 27.9 Å². The van der Waals surface area contributed by atoms with Gasteiger partial charge in [-0.2, -0.15) is 13.2 Å². The minimum Gasteiger partial charge on any atom is -0.480 e. The zero-order chi connectivity index (χ0) is 23.2. The molecule has 2 aromatic carbocycles. The van der Waals surface area contributed by atoms with Crippen molar-refractivity contribution in [3.63, 3.8) is 0 Å². The highest BCUT2D eigenvalue weighted by molar-refractivity contribution is 5.91. The molecule has 0 aromatic heterocycles. The summed E-state index contributed by atoms with van der Waals surface area (Å²) in [6, 6.07) is 17.0. The fraction of sp³-hybridized carbons (Fsp3) is 0.417. The number of aliphatic carboxylic acids is 1. The van der Waals surface area contributed by atoms with E-state index in [0.29, 0.717) is 25.9 Å². The lowest BCUT2D eigenvalue weighted by molar-refractivity contribution is -0.143. The number of nitrogens with one attached hydrogen (secondary N) is 1. The van der Waals surface area contributed by atoms with Crippen LogP contribution >= 0.6 is 0 Å². The Morgan fingerprint density at radius 1 is 1.00 bits per heavy atom. The maximum atomic E-state index is 13.5. The molecule has 0 bridgehead atoms. The maximum Gasteiger partial charge on any atom is 0.390 e. The second-order valence-corrected chi connectivity index (χ2v) is 8.21. The van der Waals surface area contributed by atoms with Gasteiger partial charge in [0.2, 0.25) is 5.91 Å². The van der Waals surface area contributed by atoms with Crippen LogP contribution in [-0.4, -0.2) is 53.7 Å². The Morgan fingerprint density at radius 2 is 1.56 bits per heavy atom. The SMILES string of the molecule is O=C(O)[C@H](Cc1ccccc1)NC(=O)C1(c2ccccc2)CCN(CCC(F)(F)F)CC1. The normalized spacial score (nSPS) is 17.5. The van der Waals surface area contributed by atoms with Crippen LogP contribution in [0.3, 0.4) is 0 Å². The molecule has 2 N–H and O–H groups in total. The van der Waals surface area contributed by atoms with Crippen LogP contribution < -0.4 is 5.32 Å². The number of carboxylic acid groups (broad SMARTS) is 1. The smallest absolute Gasteiger partial charge is 0.390 e. The minimum atomic E-state index is -4.22. The van der Waals surface area contributed by atoms with Crippen molar-refractivity contribution in [1.29, 1.82) is 0 Å². The van der Waals surface area contributed by atoms with Gasteiger partial charge in [0, 0.05) is 13.0 Å². The van der Waals surface area contributed by atoms with E-state index in [9.17, 15) is 27.9 Å². The van der Waals surface area contributed by atoms with E-state index >= 15 is 0 Å². The summed E-state index contributed by atoms with van der Waals surface area (Å²) >= 11 is 0.